The van der Waals surface area contributed by atoms with Gasteiger partial charge in [-0.25, -0.2) is 4.98 Å². The van der Waals surface area contributed by atoms with Crippen LogP contribution in [0.3, 0.4) is 0 Å². The summed E-state index contributed by atoms with van der Waals surface area (Å²) < 4.78 is 36.8. The van der Waals surface area contributed by atoms with Crippen molar-refractivity contribution in [3.63, 3.8) is 0 Å². The van der Waals surface area contributed by atoms with Crippen LogP contribution in [0.1, 0.15) is 18.4 Å². The lowest BCUT2D eigenvalue weighted by Gasteiger charge is -2.12. The maximum atomic E-state index is 12.3. The van der Waals surface area contributed by atoms with E-state index in [0.717, 1.165) is 12.3 Å². The topological polar surface area (TPSA) is 62.2 Å². The summed E-state index contributed by atoms with van der Waals surface area (Å²) in [5.74, 6) is -0.641. The molecule has 2 rings (SSSR count). The van der Waals surface area contributed by atoms with Gasteiger partial charge < -0.3 is 10.4 Å². The summed E-state index contributed by atoms with van der Waals surface area (Å²) in [6, 6.07) is 2.11. The maximum absolute atomic E-state index is 12.3. The zero-order valence-electron chi connectivity index (χ0n) is 9.29. The molecule has 0 unspecified atom stereocenters. The summed E-state index contributed by atoms with van der Waals surface area (Å²) in [4.78, 5) is 14.5. The highest BCUT2D eigenvalue weighted by Crippen LogP contribution is 2.45. The Bertz CT molecular complexity index is 452. The molecule has 0 bridgehead atoms. The van der Waals surface area contributed by atoms with E-state index in [9.17, 15) is 18.0 Å². The fourth-order valence-electron chi connectivity index (χ4n) is 1.54. The lowest BCUT2D eigenvalue weighted by atomic mass is 10.1. The summed E-state index contributed by atoms with van der Waals surface area (Å²) in [5.41, 5.74) is -1.60. The average molecular weight is 260 g/mol. The number of carboxylic acids is 1. The molecule has 0 saturated heterocycles. The molecular formula is C11H11F3N2O2. The van der Waals surface area contributed by atoms with Crippen LogP contribution in [-0.2, 0) is 11.0 Å². The van der Waals surface area contributed by atoms with Crippen LogP contribution in [0, 0.1) is 5.41 Å². The molecule has 0 radical (unpaired) electrons. The molecule has 0 atom stereocenters. The SMILES string of the molecule is O=C(O)C1(CNc2ccc(C(F)(F)F)cn2)CC1. The Labute approximate surface area is 101 Å². The van der Waals surface area contributed by atoms with Gasteiger partial charge in [0, 0.05) is 12.7 Å². The number of pyridine rings is 1. The normalized spacial score (nSPS) is 17.3. The van der Waals surface area contributed by atoms with Gasteiger partial charge in [-0.05, 0) is 25.0 Å². The van der Waals surface area contributed by atoms with E-state index in [1.165, 1.54) is 6.07 Å². The molecule has 2 N–H and O–H groups in total. The van der Waals surface area contributed by atoms with Crippen molar-refractivity contribution in [2.24, 2.45) is 5.41 Å². The molecule has 98 valence electrons. The molecule has 1 aromatic heterocycles. The highest BCUT2D eigenvalue weighted by Gasteiger charge is 2.50. The van der Waals surface area contributed by atoms with Crippen LogP contribution in [0.5, 0.6) is 0 Å². The van der Waals surface area contributed by atoms with Crippen molar-refractivity contribution in [2.45, 2.75) is 19.0 Å². The average Bonchev–Trinajstić information content (AvgIpc) is 3.07. The summed E-state index contributed by atoms with van der Waals surface area (Å²) in [6.45, 7) is 0.181. The summed E-state index contributed by atoms with van der Waals surface area (Å²) in [5, 5.41) is 11.7. The van der Waals surface area contributed by atoms with Crippen molar-refractivity contribution >= 4 is 11.8 Å². The van der Waals surface area contributed by atoms with Crippen molar-refractivity contribution in [2.75, 3.05) is 11.9 Å². The first-order valence-corrected chi connectivity index (χ1v) is 5.34. The first-order valence-electron chi connectivity index (χ1n) is 5.34. The molecule has 1 aromatic rings. The van der Waals surface area contributed by atoms with Crippen molar-refractivity contribution < 1.29 is 23.1 Å². The van der Waals surface area contributed by atoms with Gasteiger partial charge in [0.2, 0.25) is 0 Å². The van der Waals surface area contributed by atoms with E-state index in [1.807, 2.05) is 0 Å². The van der Waals surface area contributed by atoms with Gasteiger partial charge in [0.1, 0.15) is 5.82 Å². The largest absolute Gasteiger partial charge is 0.481 e. The first kappa shape index (κ1) is 12.7. The molecule has 18 heavy (non-hydrogen) atoms. The number of nitrogens with one attached hydrogen (secondary N) is 1. The molecule has 0 aromatic carbocycles. The molecule has 1 saturated carbocycles. The van der Waals surface area contributed by atoms with Crippen LogP contribution >= 0.6 is 0 Å². The van der Waals surface area contributed by atoms with Crippen molar-refractivity contribution in [1.82, 2.24) is 4.98 Å². The van der Waals surface area contributed by atoms with Crippen LogP contribution in [0.25, 0.3) is 0 Å². The molecular weight excluding hydrogens is 249 g/mol. The molecule has 1 aliphatic carbocycles. The van der Waals surface area contributed by atoms with E-state index in [-0.39, 0.29) is 12.4 Å². The predicted octanol–water partition coefficient (Wildman–Crippen LogP) is 2.38. The lowest BCUT2D eigenvalue weighted by molar-refractivity contribution is -0.142. The smallest absolute Gasteiger partial charge is 0.417 e. The minimum absolute atomic E-state index is 0.181. The number of halogens is 3. The van der Waals surface area contributed by atoms with Gasteiger partial charge in [0.15, 0.2) is 0 Å². The highest BCUT2D eigenvalue weighted by molar-refractivity contribution is 5.78. The number of hydrogen-bond acceptors (Lipinski definition) is 3. The van der Waals surface area contributed by atoms with Gasteiger partial charge in [-0.2, -0.15) is 13.2 Å². The van der Waals surface area contributed by atoms with Crippen LogP contribution in [-0.4, -0.2) is 22.6 Å². The van der Waals surface area contributed by atoms with Gasteiger partial charge >= 0.3 is 12.1 Å². The Kier molecular flexibility index (Phi) is 2.92. The Morgan fingerprint density at radius 1 is 1.44 bits per heavy atom. The number of anilines is 1. The number of rotatable bonds is 4. The van der Waals surface area contributed by atoms with Crippen molar-refractivity contribution in [3.8, 4) is 0 Å². The van der Waals surface area contributed by atoms with Crippen LogP contribution < -0.4 is 5.32 Å². The minimum Gasteiger partial charge on any atom is -0.481 e. The fraction of sp³-hybridized carbons (Fsp3) is 0.455. The summed E-state index contributed by atoms with van der Waals surface area (Å²) in [6.07, 6.45) is -2.53. The molecule has 7 heteroatoms. The third kappa shape index (κ3) is 2.55. The van der Waals surface area contributed by atoms with Gasteiger partial charge in [0.25, 0.3) is 0 Å². The van der Waals surface area contributed by atoms with Gasteiger partial charge in [-0.15, -0.1) is 0 Å². The summed E-state index contributed by atoms with van der Waals surface area (Å²) in [7, 11) is 0. The third-order valence-electron chi connectivity index (χ3n) is 3.01. The first-order chi connectivity index (χ1) is 8.33. The molecule has 1 aliphatic rings. The zero-order valence-corrected chi connectivity index (χ0v) is 9.29. The number of aromatic nitrogens is 1. The number of alkyl halides is 3. The van der Waals surface area contributed by atoms with Crippen LogP contribution in [0.2, 0.25) is 0 Å². The minimum atomic E-state index is -4.41. The second kappa shape index (κ2) is 4.15. The number of carboxylic acid groups (broad SMARTS) is 1. The molecule has 1 fully saturated rings. The predicted molar refractivity (Wildman–Crippen MR) is 57.0 cm³/mol. The van der Waals surface area contributed by atoms with E-state index in [2.05, 4.69) is 10.3 Å². The number of carbonyl (C=O) groups is 1. The Balaban J connectivity index is 1.97. The summed E-state index contributed by atoms with van der Waals surface area (Å²) >= 11 is 0. The highest BCUT2D eigenvalue weighted by atomic mass is 19.4. The molecule has 4 nitrogen and oxygen atoms in total. The molecule has 0 amide bonds. The third-order valence-corrected chi connectivity index (χ3v) is 3.01. The van der Waals surface area contributed by atoms with Gasteiger partial charge in [0.05, 0.1) is 11.0 Å². The van der Waals surface area contributed by atoms with Crippen molar-refractivity contribution in [1.29, 1.82) is 0 Å². The van der Waals surface area contributed by atoms with E-state index >= 15 is 0 Å². The maximum Gasteiger partial charge on any atom is 0.417 e. The second-order valence-electron chi connectivity index (χ2n) is 4.37. The van der Waals surface area contributed by atoms with Gasteiger partial charge in [-0.3, -0.25) is 4.79 Å². The van der Waals surface area contributed by atoms with Crippen LogP contribution in [0.15, 0.2) is 18.3 Å². The Morgan fingerprint density at radius 3 is 2.50 bits per heavy atom. The number of nitrogens with zero attached hydrogens (tertiary/aromatic N) is 1. The Hall–Kier alpha value is -1.79. The van der Waals surface area contributed by atoms with E-state index < -0.39 is 23.1 Å². The quantitative estimate of drug-likeness (QED) is 0.872. The number of aliphatic carboxylic acids is 1. The molecule has 1 heterocycles. The van der Waals surface area contributed by atoms with E-state index in [1.54, 1.807) is 0 Å². The number of hydrogen-bond donors (Lipinski definition) is 2. The fourth-order valence-corrected chi connectivity index (χ4v) is 1.54. The monoisotopic (exact) mass is 260 g/mol. The second-order valence-corrected chi connectivity index (χ2v) is 4.37. The van der Waals surface area contributed by atoms with Gasteiger partial charge in [-0.1, -0.05) is 0 Å². The zero-order chi connectivity index (χ0) is 13.4. The lowest BCUT2D eigenvalue weighted by Crippen LogP contribution is -2.24. The van der Waals surface area contributed by atoms with Crippen molar-refractivity contribution in [3.05, 3.63) is 23.9 Å². The van der Waals surface area contributed by atoms with Crippen LogP contribution in [0.4, 0.5) is 19.0 Å². The Morgan fingerprint density at radius 2 is 2.11 bits per heavy atom. The standard InChI is InChI=1S/C11H11F3N2O2/c12-11(13,14)7-1-2-8(15-5-7)16-6-10(3-4-10)9(17)18/h1-2,5H,3-4,6H2,(H,15,16)(H,17,18). The van der Waals surface area contributed by atoms with E-state index in [4.69, 9.17) is 5.11 Å². The molecule has 0 aliphatic heterocycles. The van der Waals surface area contributed by atoms with E-state index in [0.29, 0.717) is 12.8 Å². The molecule has 0 spiro atoms.